The average molecular weight is 197 g/mol. The Labute approximate surface area is 87.6 Å². The molecule has 0 aliphatic carbocycles. The number of ether oxygens (including phenoxy) is 1. The van der Waals surface area contributed by atoms with Gasteiger partial charge in [0.15, 0.2) is 0 Å². The second kappa shape index (κ2) is 4.19. The van der Waals surface area contributed by atoms with Crippen LogP contribution in [0.3, 0.4) is 0 Å². The maximum absolute atomic E-state index is 5.26. The van der Waals surface area contributed by atoms with Crippen LogP contribution in [0.4, 0.5) is 0 Å². The smallest absolute Gasteiger partial charge is 0.0822 e. The van der Waals surface area contributed by atoms with Crippen molar-refractivity contribution in [3.63, 3.8) is 0 Å². The molecule has 2 aliphatic heterocycles. The zero-order chi connectivity index (χ0) is 10.1. The molecule has 4 unspecified atom stereocenters. The van der Waals surface area contributed by atoms with Crippen molar-refractivity contribution in [1.82, 2.24) is 4.90 Å². The summed E-state index contributed by atoms with van der Waals surface area (Å²) in [5, 5.41) is 0. The molecule has 4 atom stereocenters. The predicted molar refractivity (Wildman–Crippen MR) is 58.3 cm³/mol. The van der Waals surface area contributed by atoms with Crippen LogP contribution >= 0.6 is 0 Å². The van der Waals surface area contributed by atoms with E-state index in [-0.39, 0.29) is 0 Å². The third-order valence-corrected chi connectivity index (χ3v) is 3.86. The lowest BCUT2D eigenvalue weighted by atomic mass is 9.86. The molecule has 0 radical (unpaired) electrons. The molecule has 2 fully saturated rings. The fourth-order valence-corrected chi connectivity index (χ4v) is 2.67. The number of nitrogens with zero attached hydrogens (tertiary/aromatic N) is 1. The fourth-order valence-electron chi connectivity index (χ4n) is 2.67. The first-order chi connectivity index (χ1) is 6.66. The molecule has 0 spiro atoms. The van der Waals surface area contributed by atoms with Gasteiger partial charge >= 0.3 is 0 Å². The fraction of sp³-hybridized carbons (Fsp3) is 1.00. The van der Waals surface area contributed by atoms with Crippen molar-refractivity contribution in [2.75, 3.05) is 19.7 Å². The lowest BCUT2D eigenvalue weighted by Crippen LogP contribution is -2.46. The number of likely N-dealkylation sites (tertiary alicyclic amines) is 1. The molecule has 14 heavy (non-hydrogen) atoms. The minimum absolute atomic E-state index is 0.592. The van der Waals surface area contributed by atoms with Gasteiger partial charge in [-0.05, 0) is 31.6 Å². The number of hydrogen-bond donors (Lipinski definition) is 0. The molecule has 0 aromatic heterocycles. The van der Waals surface area contributed by atoms with Gasteiger partial charge in [0.25, 0.3) is 0 Å². The van der Waals surface area contributed by atoms with E-state index in [9.17, 15) is 0 Å². The first-order valence-electron chi connectivity index (χ1n) is 6.02. The van der Waals surface area contributed by atoms with Crippen LogP contribution in [0.15, 0.2) is 0 Å². The Morgan fingerprint density at radius 1 is 1.29 bits per heavy atom. The van der Waals surface area contributed by atoms with Gasteiger partial charge in [-0.25, -0.2) is 0 Å². The SMILES string of the molecule is CC1CC(C)C(C)N(CCC2CO2)C1. The van der Waals surface area contributed by atoms with Crippen LogP contribution in [0.2, 0.25) is 0 Å². The van der Waals surface area contributed by atoms with E-state index in [2.05, 4.69) is 25.7 Å². The van der Waals surface area contributed by atoms with Gasteiger partial charge in [0.05, 0.1) is 12.7 Å². The van der Waals surface area contributed by atoms with Crippen molar-refractivity contribution in [3.8, 4) is 0 Å². The van der Waals surface area contributed by atoms with Crippen LogP contribution in [0.1, 0.15) is 33.6 Å². The average Bonchev–Trinajstić information content (AvgIpc) is 2.92. The van der Waals surface area contributed by atoms with Crippen molar-refractivity contribution in [3.05, 3.63) is 0 Å². The largest absolute Gasteiger partial charge is 0.373 e. The van der Waals surface area contributed by atoms with E-state index in [1.54, 1.807) is 0 Å². The molecular formula is C12H23NO. The molecule has 2 saturated heterocycles. The number of piperidine rings is 1. The summed E-state index contributed by atoms with van der Waals surface area (Å²) in [6.07, 6.45) is 3.23. The van der Waals surface area contributed by atoms with Crippen LogP contribution in [-0.2, 0) is 4.74 Å². The van der Waals surface area contributed by atoms with Crippen molar-refractivity contribution in [2.45, 2.75) is 45.8 Å². The first-order valence-corrected chi connectivity index (χ1v) is 6.02. The van der Waals surface area contributed by atoms with E-state index in [1.807, 2.05) is 0 Å². The van der Waals surface area contributed by atoms with E-state index in [1.165, 1.54) is 25.9 Å². The maximum atomic E-state index is 5.26. The Kier molecular flexibility index (Phi) is 3.13. The second-order valence-corrected chi connectivity index (χ2v) is 5.30. The highest BCUT2D eigenvalue weighted by Gasteiger charge is 2.30. The minimum atomic E-state index is 0.592. The third kappa shape index (κ3) is 2.48. The van der Waals surface area contributed by atoms with E-state index in [4.69, 9.17) is 4.74 Å². The van der Waals surface area contributed by atoms with E-state index >= 15 is 0 Å². The Morgan fingerprint density at radius 3 is 2.64 bits per heavy atom. The molecule has 0 N–H and O–H groups in total. The summed E-state index contributed by atoms with van der Waals surface area (Å²) < 4.78 is 5.26. The van der Waals surface area contributed by atoms with Gasteiger partial charge in [-0.15, -0.1) is 0 Å². The zero-order valence-corrected chi connectivity index (χ0v) is 9.70. The molecule has 2 aliphatic rings. The van der Waals surface area contributed by atoms with Gasteiger partial charge in [-0.2, -0.15) is 0 Å². The molecule has 2 heterocycles. The van der Waals surface area contributed by atoms with Crippen molar-refractivity contribution in [2.24, 2.45) is 11.8 Å². The number of epoxide rings is 1. The van der Waals surface area contributed by atoms with Gasteiger partial charge < -0.3 is 9.64 Å². The molecule has 0 bridgehead atoms. The summed E-state index contributed by atoms with van der Waals surface area (Å²) in [7, 11) is 0. The summed E-state index contributed by atoms with van der Waals surface area (Å²) >= 11 is 0. The summed E-state index contributed by atoms with van der Waals surface area (Å²) in [5.74, 6) is 1.74. The van der Waals surface area contributed by atoms with Crippen LogP contribution in [0, 0.1) is 11.8 Å². The lowest BCUT2D eigenvalue weighted by Gasteiger charge is -2.41. The van der Waals surface area contributed by atoms with Gasteiger partial charge in [0, 0.05) is 19.1 Å². The molecule has 2 rings (SSSR count). The molecule has 0 amide bonds. The zero-order valence-electron chi connectivity index (χ0n) is 9.70. The van der Waals surface area contributed by atoms with Crippen LogP contribution in [0.25, 0.3) is 0 Å². The maximum Gasteiger partial charge on any atom is 0.0822 e. The molecule has 2 nitrogen and oxygen atoms in total. The first kappa shape index (κ1) is 10.4. The summed E-state index contributed by atoms with van der Waals surface area (Å²) in [5.41, 5.74) is 0. The van der Waals surface area contributed by atoms with Crippen LogP contribution in [0.5, 0.6) is 0 Å². The summed E-state index contributed by atoms with van der Waals surface area (Å²) in [4.78, 5) is 2.65. The van der Waals surface area contributed by atoms with E-state index in [0.717, 1.165) is 24.5 Å². The molecule has 0 saturated carbocycles. The van der Waals surface area contributed by atoms with Crippen LogP contribution < -0.4 is 0 Å². The summed E-state index contributed by atoms with van der Waals surface area (Å²) in [6, 6.07) is 0.768. The van der Waals surface area contributed by atoms with Gasteiger partial charge in [-0.3, -0.25) is 0 Å². The van der Waals surface area contributed by atoms with Crippen molar-refractivity contribution >= 4 is 0 Å². The quantitative estimate of drug-likeness (QED) is 0.644. The molecule has 0 aromatic carbocycles. The normalized spacial score (nSPS) is 43.9. The van der Waals surface area contributed by atoms with E-state index < -0.39 is 0 Å². The van der Waals surface area contributed by atoms with E-state index in [0.29, 0.717) is 6.10 Å². The second-order valence-electron chi connectivity index (χ2n) is 5.30. The molecular weight excluding hydrogens is 174 g/mol. The third-order valence-electron chi connectivity index (χ3n) is 3.86. The van der Waals surface area contributed by atoms with Crippen molar-refractivity contribution in [1.29, 1.82) is 0 Å². The molecule has 0 aromatic rings. The predicted octanol–water partition coefficient (Wildman–Crippen LogP) is 2.14. The highest BCUT2D eigenvalue weighted by Crippen LogP contribution is 2.27. The van der Waals surface area contributed by atoms with Gasteiger partial charge in [0.1, 0.15) is 0 Å². The number of rotatable bonds is 3. The minimum Gasteiger partial charge on any atom is -0.373 e. The number of hydrogen-bond acceptors (Lipinski definition) is 2. The van der Waals surface area contributed by atoms with Crippen LogP contribution in [-0.4, -0.2) is 36.7 Å². The molecule has 2 heteroatoms. The van der Waals surface area contributed by atoms with Gasteiger partial charge in [-0.1, -0.05) is 13.8 Å². The van der Waals surface area contributed by atoms with Gasteiger partial charge in [0.2, 0.25) is 0 Å². The topological polar surface area (TPSA) is 15.8 Å². The lowest BCUT2D eigenvalue weighted by molar-refractivity contribution is 0.0766. The Bertz CT molecular complexity index is 191. The Morgan fingerprint density at radius 2 is 2.00 bits per heavy atom. The summed E-state index contributed by atoms with van der Waals surface area (Å²) in [6.45, 7) is 10.7. The Hall–Kier alpha value is -0.0800. The van der Waals surface area contributed by atoms with Crippen molar-refractivity contribution < 1.29 is 4.74 Å². The molecule has 82 valence electrons. The highest BCUT2D eigenvalue weighted by atomic mass is 16.6. The Balaban J connectivity index is 1.80. The highest BCUT2D eigenvalue weighted by molar-refractivity contribution is 4.83. The monoisotopic (exact) mass is 197 g/mol. The standard InChI is InChI=1S/C12H23NO/c1-9-6-10(2)11(3)13(7-9)5-4-12-8-14-12/h9-12H,4-8H2,1-3H3.